The van der Waals surface area contributed by atoms with E-state index in [9.17, 15) is 18.0 Å². The van der Waals surface area contributed by atoms with Gasteiger partial charge >= 0.3 is 6.18 Å². The van der Waals surface area contributed by atoms with E-state index >= 15 is 0 Å². The number of halogens is 3. The van der Waals surface area contributed by atoms with E-state index in [1.807, 2.05) is 42.5 Å². The lowest BCUT2D eigenvalue weighted by molar-refractivity contribution is -0.144. The Morgan fingerprint density at radius 3 is 2.52 bits per heavy atom. The van der Waals surface area contributed by atoms with E-state index in [1.165, 1.54) is 0 Å². The van der Waals surface area contributed by atoms with Gasteiger partial charge in [-0.15, -0.1) is 0 Å². The van der Waals surface area contributed by atoms with Crippen LogP contribution in [0.3, 0.4) is 0 Å². The van der Waals surface area contributed by atoms with E-state index < -0.39 is 24.9 Å². The van der Waals surface area contributed by atoms with Gasteiger partial charge in [-0.2, -0.15) is 13.2 Å². The molecule has 0 radical (unpaired) electrons. The predicted octanol–water partition coefficient (Wildman–Crippen LogP) is 4.36. The second kappa shape index (κ2) is 6.16. The van der Waals surface area contributed by atoms with E-state index in [2.05, 4.69) is 5.32 Å². The highest BCUT2D eigenvalue weighted by Gasteiger charge is 2.28. The summed E-state index contributed by atoms with van der Waals surface area (Å²) in [5.74, 6) is -0.590. The lowest BCUT2D eigenvalue weighted by Gasteiger charge is -2.17. The molecule has 0 aliphatic carbocycles. The van der Waals surface area contributed by atoms with Crippen LogP contribution >= 0.6 is 0 Å². The number of alkyl halides is 3. The molecule has 2 rings (SSSR count). The van der Waals surface area contributed by atoms with Crippen molar-refractivity contribution >= 4 is 16.7 Å². The minimum absolute atomic E-state index is 0.336. The molecule has 0 aliphatic rings. The van der Waals surface area contributed by atoms with Gasteiger partial charge in [0.05, 0.1) is 12.5 Å². The van der Waals surface area contributed by atoms with Crippen molar-refractivity contribution in [2.45, 2.75) is 32.0 Å². The molecule has 0 aliphatic heterocycles. The Morgan fingerprint density at radius 1 is 1.14 bits per heavy atom. The first-order valence-electron chi connectivity index (χ1n) is 6.70. The van der Waals surface area contributed by atoms with Gasteiger partial charge in [0.25, 0.3) is 0 Å². The van der Waals surface area contributed by atoms with Crippen molar-refractivity contribution in [1.82, 2.24) is 5.32 Å². The molecule has 0 unspecified atom stereocenters. The fraction of sp³-hybridized carbons (Fsp3) is 0.312. The van der Waals surface area contributed by atoms with Gasteiger partial charge in [-0.3, -0.25) is 4.79 Å². The van der Waals surface area contributed by atoms with Crippen LogP contribution in [0.25, 0.3) is 10.8 Å². The molecule has 112 valence electrons. The molecular weight excluding hydrogens is 279 g/mol. The summed E-state index contributed by atoms with van der Waals surface area (Å²) in [4.78, 5) is 11.6. The minimum atomic E-state index is -4.31. The van der Waals surface area contributed by atoms with Crippen LogP contribution in [-0.4, -0.2) is 12.1 Å². The molecule has 21 heavy (non-hydrogen) atoms. The Bertz CT molecular complexity index is 631. The molecular formula is C16H16F3NO. The van der Waals surface area contributed by atoms with Crippen LogP contribution in [0.15, 0.2) is 42.5 Å². The number of hydrogen-bond acceptors (Lipinski definition) is 1. The van der Waals surface area contributed by atoms with Crippen molar-refractivity contribution in [3.63, 3.8) is 0 Å². The van der Waals surface area contributed by atoms with Crippen molar-refractivity contribution in [3.05, 3.63) is 48.0 Å². The van der Waals surface area contributed by atoms with Crippen molar-refractivity contribution < 1.29 is 18.0 Å². The molecule has 0 spiro atoms. The third-order valence-corrected chi connectivity index (χ3v) is 3.30. The lowest BCUT2D eigenvalue weighted by atomic mass is 9.99. The maximum Gasteiger partial charge on any atom is 0.389 e. The Morgan fingerprint density at radius 2 is 1.81 bits per heavy atom. The van der Waals surface area contributed by atoms with Gasteiger partial charge in [-0.05, 0) is 23.3 Å². The average molecular weight is 295 g/mol. The van der Waals surface area contributed by atoms with E-state index in [0.29, 0.717) is 0 Å². The zero-order valence-electron chi connectivity index (χ0n) is 11.6. The summed E-state index contributed by atoms with van der Waals surface area (Å²) in [6, 6.07) is 13.1. The van der Waals surface area contributed by atoms with E-state index in [1.54, 1.807) is 6.92 Å². The highest BCUT2D eigenvalue weighted by Crippen LogP contribution is 2.25. The van der Waals surface area contributed by atoms with Gasteiger partial charge in [0, 0.05) is 6.42 Å². The van der Waals surface area contributed by atoms with Crippen molar-refractivity contribution in [2.24, 2.45) is 0 Å². The van der Waals surface area contributed by atoms with Crippen LogP contribution in [0.4, 0.5) is 13.2 Å². The zero-order chi connectivity index (χ0) is 15.5. The number of nitrogens with one attached hydrogen (secondary N) is 1. The number of carbonyl (C=O) groups is 1. The smallest absolute Gasteiger partial charge is 0.350 e. The maximum atomic E-state index is 12.1. The monoisotopic (exact) mass is 295 g/mol. The van der Waals surface area contributed by atoms with E-state index in [4.69, 9.17) is 0 Å². The number of carbonyl (C=O) groups excluding carboxylic acids is 1. The highest BCUT2D eigenvalue weighted by atomic mass is 19.4. The second-order valence-corrected chi connectivity index (χ2v) is 4.97. The SMILES string of the molecule is C[C@@H](NC(=O)CCC(F)(F)F)c1cccc2ccccc12. The normalized spacial score (nSPS) is 13.1. The van der Waals surface area contributed by atoms with E-state index in [0.717, 1.165) is 16.3 Å². The molecule has 0 saturated carbocycles. The molecule has 2 aromatic carbocycles. The lowest BCUT2D eigenvalue weighted by Crippen LogP contribution is -2.27. The Labute approximate surface area is 121 Å². The molecule has 0 aromatic heterocycles. The third kappa shape index (κ3) is 4.21. The van der Waals surface area contributed by atoms with Crippen LogP contribution < -0.4 is 5.32 Å². The summed E-state index contributed by atoms with van der Waals surface area (Å²) >= 11 is 0. The predicted molar refractivity (Wildman–Crippen MR) is 75.8 cm³/mol. The van der Waals surface area contributed by atoms with Gasteiger partial charge < -0.3 is 5.32 Å². The highest BCUT2D eigenvalue weighted by molar-refractivity contribution is 5.86. The molecule has 0 heterocycles. The number of benzene rings is 2. The molecule has 2 nitrogen and oxygen atoms in total. The van der Waals surface area contributed by atoms with Crippen LogP contribution in [0, 0.1) is 0 Å². The van der Waals surface area contributed by atoms with Crippen LogP contribution in [0.2, 0.25) is 0 Å². The fourth-order valence-electron chi connectivity index (χ4n) is 2.27. The summed E-state index contributed by atoms with van der Waals surface area (Å²) in [6.45, 7) is 1.77. The summed E-state index contributed by atoms with van der Waals surface area (Å²) in [5, 5.41) is 4.65. The third-order valence-electron chi connectivity index (χ3n) is 3.30. The van der Waals surface area contributed by atoms with Gasteiger partial charge in [0.2, 0.25) is 5.91 Å². The molecule has 0 bridgehead atoms. The van der Waals surface area contributed by atoms with Gasteiger partial charge in [-0.25, -0.2) is 0 Å². The fourth-order valence-corrected chi connectivity index (χ4v) is 2.27. The molecule has 0 saturated heterocycles. The largest absolute Gasteiger partial charge is 0.389 e. The Kier molecular flexibility index (Phi) is 4.50. The molecule has 1 atom stereocenters. The van der Waals surface area contributed by atoms with Crippen LogP contribution in [0.1, 0.15) is 31.4 Å². The minimum Gasteiger partial charge on any atom is -0.350 e. The maximum absolute atomic E-state index is 12.1. The summed E-state index contributed by atoms with van der Waals surface area (Å²) in [7, 11) is 0. The summed E-state index contributed by atoms with van der Waals surface area (Å²) in [5.41, 5.74) is 0.897. The second-order valence-electron chi connectivity index (χ2n) is 4.97. The van der Waals surface area contributed by atoms with E-state index in [-0.39, 0.29) is 6.04 Å². The van der Waals surface area contributed by atoms with Gasteiger partial charge in [0.1, 0.15) is 0 Å². The standard InChI is InChI=1S/C16H16F3NO/c1-11(20-15(21)9-10-16(17,18)19)13-8-4-6-12-5-2-3-7-14(12)13/h2-8,11H,9-10H2,1H3,(H,20,21)/t11-/m1/s1. The quantitative estimate of drug-likeness (QED) is 0.892. The summed E-state index contributed by atoms with van der Waals surface area (Å²) < 4.78 is 36.3. The zero-order valence-corrected chi connectivity index (χ0v) is 11.6. The van der Waals surface area contributed by atoms with Crippen molar-refractivity contribution in [3.8, 4) is 0 Å². The van der Waals surface area contributed by atoms with Crippen LogP contribution in [-0.2, 0) is 4.79 Å². The average Bonchev–Trinajstić information content (AvgIpc) is 2.43. The molecule has 2 aromatic rings. The van der Waals surface area contributed by atoms with Gasteiger partial charge in [0.15, 0.2) is 0 Å². The molecule has 0 fully saturated rings. The summed E-state index contributed by atoms with van der Waals surface area (Å²) in [6.07, 6.45) is -5.94. The number of amides is 1. The first-order chi connectivity index (χ1) is 9.87. The van der Waals surface area contributed by atoms with Crippen molar-refractivity contribution in [1.29, 1.82) is 0 Å². The topological polar surface area (TPSA) is 29.1 Å². The number of rotatable bonds is 4. The van der Waals surface area contributed by atoms with Crippen LogP contribution in [0.5, 0.6) is 0 Å². The van der Waals surface area contributed by atoms with Crippen molar-refractivity contribution in [2.75, 3.05) is 0 Å². The Hall–Kier alpha value is -2.04. The Balaban J connectivity index is 2.09. The molecule has 5 heteroatoms. The molecule has 1 amide bonds. The number of hydrogen-bond donors (Lipinski definition) is 1. The molecule has 1 N–H and O–H groups in total. The number of fused-ring (bicyclic) bond motifs is 1. The first kappa shape index (κ1) is 15.4. The first-order valence-corrected chi connectivity index (χ1v) is 6.70. The van der Waals surface area contributed by atoms with Gasteiger partial charge in [-0.1, -0.05) is 42.5 Å².